The van der Waals surface area contributed by atoms with Gasteiger partial charge in [0.1, 0.15) is 24.3 Å². The first-order valence-electron chi connectivity index (χ1n) is 8.38. The Kier molecular flexibility index (Phi) is 6.42. The number of rotatable bonds is 7. The minimum Gasteiger partial charge on any atom is -0.488 e. The van der Waals surface area contributed by atoms with Crippen LogP contribution >= 0.6 is 11.6 Å². The Morgan fingerprint density at radius 2 is 2.04 bits per heavy atom. The van der Waals surface area contributed by atoms with Gasteiger partial charge in [0.05, 0.1) is 10.7 Å². The molecule has 0 fully saturated rings. The SMILES string of the molecule is Cc1cc(-c2ccc(OC[C@](C)(CC(C)C)OC(N)=O)c(Cl)c2)ncn1. The summed E-state index contributed by atoms with van der Waals surface area (Å²) in [5.41, 5.74) is 6.89. The van der Waals surface area contributed by atoms with Crippen LogP contribution in [0.5, 0.6) is 5.75 Å². The molecule has 140 valence electrons. The molecule has 0 unspecified atom stereocenters. The maximum absolute atomic E-state index is 11.2. The molecule has 0 aliphatic heterocycles. The molecular formula is C19H24ClN3O3. The smallest absolute Gasteiger partial charge is 0.405 e. The van der Waals surface area contributed by atoms with Gasteiger partial charge in [0.25, 0.3) is 0 Å². The van der Waals surface area contributed by atoms with Crippen LogP contribution in [0.25, 0.3) is 11.3 Å². The third kappa shape index (κ3) is 5.59. The summed E-state index contributed by atoms with van der Waals surface area (Å²) in [5, 5.41) is 0.449. The molecule has 1 atom stereocenters. The molecule has 1 aromatic heterocycles. The second-order valence-corrected chi connectivity index (χ2v) is 7.35. The van der Waals surface area contributed by atoms with Crippen LogP contribution in [0, 0.1) is 12.8 Å². The Morgan fingerprint density at radius 1 is 1.31 bits per heavy atom. The average molecular weight is 378 g/mol. The van der Waals surface area contributed by atoms with Crippen molar-refractivity contribution in [3.8, 4) is 17.0 Å². The molecule has 0 radical (unpaired) electrons. The fourth-order valence-corrected chi connectivity index (χ4v) is 3.09. The molecule has 7 heteroatoms. The third-order valence-electron chi connectivity index (χ3n) is 3.75. The van der Waals surface area contributed by atoms with E-state index in [0.29, 0.717) is 23.1 Å². The summed E-state index contributed by atoms with van der Waals surface area (Å²) in [5.74, 6) is 0.811. The summed E-state index contributed by atoms with van der Waals surface area (Å²) in [6.45, 7) is 7.92. The number of halogens is 1. The maximum Gasteiger partial charge on any atom is 0.405 e. The van der Waals surface area contributed by atoms with Gasteiger partial charge in [-0.3, -0.25) is 0 Å². The number of amides is 1. The zero-order valence-corrected chi connectivity index (χ0v) is 16.2. The normalized spacial score (nSPS) is 13.3. The summed E-state index contributed by atoms with van der Waals surface area (Å²) < 4.78 is 11.1. The van der Waals surface area contributed by atoms with Crippen molar-refractivity contribution in [3.05, 3.63) is 41.3 Å². The second kappa shape index (κ2) is 8.36. The van der Waals surface area contributed by atoms with E-state index in [4.69, 9.17) is 26.8 Å². The van der Waals surface area contributed by atoms with Crippen molar-refractivity contribution in [3.63, 3.8) is 0 Å². The molecule has 2 aromatic rings. The minimum atomic E-state index is -0.828. The number of primary amides is 1. The van der Waals surface area contributed by atoms with Crippen LogP contribution in [0.4, 0.5) is 4.79 Å². The van der Waals surface area contributed by atoms with E-state index in [1.807, 2.05) is 32.9 Å². The zero-order chi connectivity index (χ0) is 19.3. The van der Waals surface area contributed by atoms with Gasteiger partial charge in [0.15, 0.2) is 0 Å². The van der Waals surface area contributed by atoms with Crippen LogP contribution < -0.4 is 10.5 Å². The predicted molar refractivity (Wildman–Crippen MR) is 101 cm³/mol. The number of aromatic nitrogens is 2. The molecule has 26 heavy (non-hydrogen) atoms. The van der Waals surface area contributed by atoms with Crippen molar-refractivity contribution in [2.24, 2.45) is 11.7 Å². The second-order valence-electron chi connectivity index (χ2n) is 6.95. The Morgan fingerprint density at radius 3 is 2.62 bits per heavy atom. The van der Waals surface area contributed by atoms with Crippen LogP contribution in [0.1, 0.15) is 32.9 Å². The number of benzene rings is 1. The molecular weight excluding hydrogens is 354 g/mol. The summed E-state index contributed by atoms with van der Waals surface area (Å²) >= 11 is 6.36. The number of nitrogens with zero attached hydrogens (tertiary/aromatic N) is 2. The average Bonchev–Trinajstić information content (AvgIpc) is 2.52. The number of carbonyl (C=O) groups excluding carboxylic acids is 1. The van der Waals surface area contributed by atoms with Crippen LogP contribution in [0.3, 0.4) is 0 Å². The molecule has 1 heterocycles. The Labute approximate surface area is 158 Å². The van der Waals surface area contributed by atoms with E-state index in [1.54, 1.807) is 19.1 Å². The lowest BCUT2D eigenvalue weighted by molar-refractivity contribution is -0.0185. The maximum atomic E-state index is 11.2. The summed E-state index contributed by atoms with van der Waals surface area (Å²) in [7, 11) is 0. The van der Waals surface area contributed by atoms with Crippen molar-refractivity contribution in [2.75, 3.05) is 6.61 Å². The molecule has 1 amide bonds. The van der Waals surface area contributed by atoms with Crippen LogP contribution in [-0.4, -0.2) is 28.3 Å². The van der Waals surface area contributed by atoms with Crippen LogP contribution in [-0.2, 0) is 4.74 Å². The Bertz CT molecular complexity index is 782. The molecule has 0 saturated heterocycles. The van der Waals surface area contributed by atoms with E-state index >= 15 is 0 Å². The summed E-state index contributed by atoms with van der Waals surface area (Å²) in [6, 6.07) is 7.31. The van der Waals surface area contributed by atoms with Crippen molar-refractivity contribution >= 4 is 17.7 Å². The number of carbonyl (C=O) groups is 1. The zero-order valence-electron chi connectivity index (χ0n) is 15.5. The van der Waals surface area contributed by atoms with Gasteiger partial charge in [0.2, 0.25) is 0 Å². The summed E-state index contributed by atoms with van der Waals surface area (Å²) in [6.07, 6.45) is 1.31. The highest BCUT2D eigenvalue weighted by Gasteiger charge is 2.30. The molecule has 0 spiro atoms. The molecule has 0 bridgehead atoms. The van der Waals surface area contributed by atoms with E-state index in [1.165, 1.54) is 6.33 Å². The number of nitrogens with two attached hydrogens (primary N) is 1. The van der Waals surface area contributed by atoms with Gasteiger partial charge < -0.3 is 15.2 Å². The first kappa shape index (κ1) is 20.0. The van der Waals surface area contributed by atoms with E-state index in [9.17, 15) is 4.79 Å². The standard InChI is InChI=1S/C19H24ClN3O3/c1-12(2)9-19(4,26-18(21)24)10-25-17-6-5-14(8-15(17)20)16-7-13(3)22-11-23-16/h5-8,11-12H,9-10H2,1-4H3,(H2,21,24)/t19-/m0/s1. The van der Waals surface area contributed by atoms with Crippen LogP contribution in [0.15, 0.2) is 30.6 Å². The van der Waals surface area contributed by atoms with Gasteiger partial charge >= 0.3 is 6.09 Å². The highest BCUT2D eigenvalue weighted by molar-refractivity contribution is 6.32. The third-order valence-corrected chi connectivity index (χ3v) is 4.05. The van der Waals surface area contributed by atoms with Gasteiger partial charge in [-0.1, -0.05) is 25.4 Å². The molecule has 1 aromatic carbocycles. The number of hydrogen-bond acceptors (Lipinski definition) is 5. The van der Waals surface area contributed by atoms with E-state index in [2.05, 4.69) is 9.97 Å². The molecule has 2 rings (SSSR count). The van der Waals surface area contributed by atoms with Crippen molar-refractivity contribution in [1.29, 1.82) is 0 Å². The highest BCUT2D eigenvalue weighted by Crippen LogP contribution is 2.31. The monoisotopic (exact) mass is 377 g/mol. The summed E-state index contributed by atoms with van der Waals surface area (Å²) in [4.78, 5) is 19.5. The van der Waals surface area contributed by atoms with Gasteiger partial charge in [0, 0.05) is 11.3 Å². The fourth-order valence-electron chi connectivity index (χ4n) is 2.86. The van der Waals surface area contributed by atoms with Crippen molar-refractivity contribution in [1.82, 2.24) is 9.97 Å². The van der Waals surface area contributed by atoms with Gasteiger partial charge in [-0.15, -0.1) is 0 Å². The van der Waals surface area contributed by atoms with Crippen molar-refractivity contribution in [2.45, 2.75) is 39.7 Å². The topological polar surface area (TPSA) is 87.3 Å². The Hall–Kier alpha value is -2.34. The molecule has 6 nitrogen and oxygen atoms in total. The van der Waals surface area contributed by atoms with Crippen LogP contribution in [0.2, 0.25) is 5.02 Å². The lowest BCUT2D eigenvalue weighted by atomic mass is 9.95. The first-order chi connectivity index (χ1) is 12.2. The minimum absolute atomic E-state index is 0.153. The number of aryl methyl sites for hydroxylation is 1. The lowest BCUT2D eigenvalue weighted by Crippen LogP contribution is -2.41. The van der Waals surface area contributed by atoms with Gasteiger partial charge in [-0.25, -0.2) is 14.8 Å². The molecule has 0 aliphatic rings. The number of hydrogen-bond donors (Lipinski definition) is 1. The fraction of sp³-hybridized carbons (Fsp3) is 0.421. The van der Waals surface area contributed by atoms with Crippen molar-refractivity contribution < 1.29 is 14.3 Å². The lowest BCUT2D eigenvalue weighted by Gasteiger charge is -2.30. The molecule has 0 aliphatic carbocycles. The highest BCUT2D eigenvalue weighted by atomic mass is 35.5. The largest absolute Gasteiger partial charge is 0.488 e. The van der Waals surface area contributed by atoms with E-state index in [-0.39, 0.29) is 6.61 Å². The van der Waals surface area contributed by atoms with E-state index < -0.39 is 11.7 Å². The molecule has 2 N–H and O–H groups in total. The predicted octanol–water partition coefficient (Wildman–Crippen LogP) is 4.38. The van der Waals surface area contributed by atoms with E-state index in [0.717, 1.165) is 17.0 Å². The quantitative estimate of drug-likeness (QED) is 0.773. The number of ether oxygens (including phenoxy) is 2. The van der Waals surface area contributed by atoms with Gasteiger partial charge in [-0.2, -0.15) is 0 Å². The molecule has 0 saturated carbocycles. The Balaban J connectivity index is 2.15. The first-order valence-corrected chi connectivity index (χ1v) is 8.76. The van der Waals surface area contributed by atoms with Gasteiger partial charge in [-0.05, 0) is 50.5 Å².